The maximum absolute atomic E-state index is 6.10. The molecule has 2 nitrogen and oxygen atoms in total. The molecule has 0 atom stereocenters. The lowest BCUT2D eigenvalue weighted by atomic mass is 10.1. The van der Waals surface area contributed by atoms with Crippen molar-refractivity contribution >= 4 is 0 Å². The molecule has 0 unspecified atom stereocenters. The summed E-state index contributed by atoms with van der Waals surface area (Å²) in [5.41, 5.74) is 4.02. The zero-order valence-electron chi connectivity index (χ0n) is 12.9. The minimum absolute atomic E-state index is 0.653. The van der Waals surface area contributed by atoms with Gasteiger partial charge in [0, 0.05) is 12.6 Å². The molecule has 114 valence electrons. The highest BCUT2D eigenvalue weighted by Crippen LogP contribution is 2.44. The first kappa shape index (κ1) is 13.8. The Labute approximate surface area is 132 Å². The number of hydrogen-bond acceptors (Lipinski definition) is 2. The van der Waals surface area contributed by atoms with Crippen LogP contribution in [0.2, 0.25) is 0 Å². The SMILES string of the molecule is c1ccc(COc2ccc(CNC3CC3)cc2C2CC2)cc1. The number of ether oxygens (including phenoxy) is 1. The highest BCUT2D eigenvalue weighted by atomic mass is 16.5. The van der Waals surface area contributed by atoms with Gasteiger partial charge in [-0.15, -0.1) is 0 Å². The molecule has 2 heteroatoms. The highest BCUT2D eigenvalue weighted by molar-refractivity contribution is 5.42. The van der Waals surface area contributed by atoms with Crippen LogP contribution in [0.5, 0.6) is 5.75 Å². The Morgan fingerprint density at radius 2 is 1.73 bits per heavy atom. The molecule has 2 aromatic rings. The second kappa shape index (κ2) is 6.13. The van der Waals surface area contributed by atoms with E-state index in [1.165, 1.54) is 42.4 Å². The van der Waals surface area contributed by atoms with E-state index in [9.17, 15) is 0 Å². The van der Waals surface area contributed by atoms with Gasteiger partial charge in [-0.05, 0) is 54.4 Å². The van der Waals surface area contributed by atoms with E-state index in [0.717, 1.165) is 18.3 Å². The van der Waals surface area contributed by atoms with Gasteiger partial charge in [-0.25, -0.2) is 0 Å². The molecule has 2 aromatic carbocycles. The summed E-state index contributed by atoms with van der Waals surface area (Å²) >= 11 is 0. The third-order valence-corrected chi connectivity index (χ3v) is 4.50. The summed E-state index contributed by atoms with van der Waals surface area (Å²) < 4.78 is 6.10. The normalized spacial score (nSPS) is 17.5. The fourth-order valence-electron chi connectivity index (χ4n) is 2.84. The Bertz CT molecular complexity index is 629. The minimum Gasteiger partial charge on any atom is -0.489 e. The Morgan fingerprint density at radius 1 is 0.909 bits per heavy atom. The average Bonchev–Trinajstić information content (AvgIpc) is 3.46. The fraction of sp³-hybridized carbons (Fsp3) is 0.400. The Balaban J connectivity index is 1.45. The van der Waals surface area contributed by atoms with Crippen molar-refractivity contribution in [2.24, 2.45) is 0 Å². The largest absolute Gasteiger partial charge is 0.489 e. The quantitative estimate of drug-likeness (QED) is 0.817. The summed E-state index contributed by atoms with van der Waals surface area (Å²) in [7, 11) is 0. The van der Waals surface area contributed by atoms with Crippen molar-refractivity contribution in [1.29, 1.82) is 0 Å². The molecule has 22 heavy (non-hydrogen) atoms. The zero-order chi connectivity index (χ0) is 14.8. The van der Waals surface area contributed by atoms with Gasteiger partial charge < -0.3 is 10.1 Å². The molecule has 0 heterocycles. The van der Waals surface area contributed by atoms with Crippen LogP contribution < -0.4 is 10.1 Å². The molecule has 0 aliphatic heterocycles. The van der Waals surface area contributed by atoms with E-state index in [4.69, 9.17) is 4.74 Å². The van der Waals surface area contributed by atoms with Gasteiger partial charge in [-0.1, -0.05) is 42.5 Å². The van der Waals surface area contributed by atoms with Gasteiger partial charge in [0.1, 0.15) is 12.4 Å². The predicted octanol–water partition coefficient (Wildman–Crippen LogP) is 4.40. The van der Waals surface area contributed by atoms with Gasteiger partial charge >= 0.3 is 0 Å². The Hall–Kier alpha value is -1.80. The van der Waals surface area contributed by atoms with Crippen LogP contribution in [-0.4, -0.2) is 6.04 Å². The first-order chi connectivity index (χ1) is 10.9. The summed E-state index contributed by atoms with van der Waals surface area (Å²) in [6.07, 6.45) is 5.30. The molecule has 0 radical (unpaired) electrons. The van der Waals surface area contributed by atoms with Gasteiger partial charge in [-0.3, -0.25) is 0 Å². The smallest absolute Gasteiger partial charge is 0.123 e. The summed E-state index contributed by atoms with van der Waals surface area (Å²) in [4.78, 5) is 0. The third-order valence-electron chi connectivity index (χ3n) is 4.50. The fourth-order valence-corrected chi connectivity index (χ4v) is 2.84. The van der Waals surface area contributed by atoms with Crippen LogP contribution >= 0.6 is 0 Å². The number of nitrogens with one attached hydrogen (secondary N) is 1. The second-order valence-electron chi connectivity index (χ2n) is 6.58. The first-order valence-electron chi connectivity index (χ1n) is 8.41. The summed E-state index contributed by atoms with van der Waals surface area (Å²) in [5.74, 6) is 1.79. The monoisotopic (exact) mass is 293 g/mol. The van der Waals surface area contributed by atoms with E-state index in [0.29, 0.717) is 12.5 Å². The van der Waals surface area contributed by atoms with Crippen molar-refractivity contribution in [2.45, 2.75) is 50.8 Å². The van der Waals surface area contributed by atoms with Gasteiger partial charge in [0.15, 0.2) is 0 Å². The summed E-state index contributed by atoms with van der Waals surface area (Å²) in [5, 5.41) is 3.60. The van der Waals surface area contributed by atoms with Crippen LogP contribution in [0.25, 0.3) is 0 Å². The maximum atomic E-state index is 6.10. The molecule has 1 N–H and O–H groups in total. The molecule has 0 amide bonds. The molecule has 2 aliphatic rings. The van der Waals surface area contributed by atoms with Crippen molar-refractivity contribution in [3.8, 4) is 5.75 Å². The van der Waals surface area contributed by atoms with Crippen LogP contribution in [0, 0.1) is 0 Å². The second-order valence-corrected chi connectivity index (χ2v) is 6.58. The molecule has 0 bridgehead atoms. The van der Waals surface area contributed by atoms with Crippen molar-refractivity contribution in [1.82, 2.24) is 5.32 Å². The molecular weight excluding hydrogens is 270 g/mol. The topological polar surface area (TPSA) is 21.3 Å². The van der Waals surface area contributed by atoms with E-state index in [-0.39, 0.29) is 0 Å². The minimum atomic E-state index is 0.653. The van der Waals surface area contributed by atoms with E-state index < -0.39 is 0 Å². The zero-order valence-corrected chi connectivity index (χ0v) is 12.9. The van der Waals surface area contributed by atoms with Crippen molar-refractivity contribution in [3.63, 3.8) is 0 Å². The van der Waals surface area contributed by atoms with E-state index in [1.54, 1.807) is 0 Å². The molecule has 0 aromatic heterocycles. The number of hydrogen-bond donors (Lipinski definition) is 1. The van der Waals surface area contributed by atoms with E-state index >= 15 is 0 Å². The van der Waals surface area contributed by atoms with Crippen molar-refractivity contribution < 1.29 is 4.74 Å². The molecule has 4 rings (SSSR count). The highest BCUT2D eigenvalue weighted by Gasteiger charge is 2.27. The summed E-state index contributed by atoms with van der Waals surface area (Å²) in [6, 6.07) is 17.9. The van der Waals surface area contributed by atoms with E-state index in [2.05, 4.69) is 47.8 Å². The molecule has 0 saturated heterocycles. The first-order valence-corrected chi connectivity index (χ1v) is 8.41. The van der Waals surface area contributed by atoms with Crippen LogP contribution in [0.1, 0.15) is 48.3 Å². The predicted molar refractivity (Wildman–Crippen MR) is 89.1 cm³/mol. The van der Waals surface area contributed by atoms with Gasteiger partial charge in [0.05, 0.1) is 0 Å². The van der Waals surface area contributed by atoms with Crippen molar-refractivity contribution in [3.05, 3.63) is 65.2 Å². The number of rotatable bonds is 7. The lowest BCUT2D eigenvalue weighted by molar-refractivity contribution is 0.303. The van der Waals surface area contributed by atoms with Crippen LogP contribution in [0.3, 0.4) is 0 Å². The van der Waals surface area contributed by atoms with Gasteiger partial charge in [0.25, 0.3) is 0 Å². The third kappa shape index (κ3) is 3.50. The van der Waals surface area contributed by atoms with Crippen LogP contribution in [0.15, 0.2) is 48.5 Å². The molecule has 0 spiro atoms. The van der Waals surface area contributed by atoms with Gasteiger partial charge in [0.2, 0.25) is 0 Å². The Kier molecular flexibility index (Phi) is 3.86. The lowest BCUT2D eigenvalue weighted by Gasteiger charge is -2.13. The number of benzene rings is 2. The maximum Gasteiger partial charge on any atom is 0.123 e. The van der Waals surface area contributed by atoms with E-state index in [1.807, 2.05) is 6.07 Å². The molecule has 2 fully saturated rings. The summed E-state index contributed by atoms with van der Waals surface area (Å²) in [6.45, 7) is 1.64. The Morgan fingerprint density at radius 3 is 2.45 bits per heavy atom. The molecule has 2 aliphatic carbocycles. The molecular formula is C20H23NO. The van der Waals surface area contributed by atoms with Crippen LogP contribution in [0.4, 0.5) is 0 Å². The average molecular weight is 293 g/mol. The standard InChI is InChI=1S/C20H23NO/c1-2-4-15(5-3-1)14-22-20-11-6-16(13-21-18-9-10-18)12-19(20)17-7-8-17/h1-6,11-12,17-18,21H,7-10,13-14H2. The van der Waals surface area contributed by atoms with Gasteiger partial charge in [-0.2, -0.15) is 0 Å². The van der Waals surface area contributed by atoms with Crippen LogP contribution in [-0.2, 0) is 13.2 Å². The van der Waals surface area contributed by atoms with Crippen molar-refractivity contribution in [2.75, 3.05) is 0 Å². The lowest BCUT2D eigenvalue weighted by Crippen LogP contribution is -2.15. The molecule has 2 saturated carbocycles.